The monoisotopic (exact) mass is 627 g/mol. The second-order valence-corrected chi connectivity index (χ2v) is 13.6. The highest BCUT2D eigenvalue weighted by atomic mass is 32.3. The zero-order valence-corrected chi connectivity index (χ0v) is 22.2. The summed E-state index contributed by atoms with van der Waals surface area (Å²) in [6, 6.07) is 4.67. The molecule has 0 saturated carbocycles. The first-order chi connectivity index (χ1) is 17.7. The van der Waals surface area contributed by atoms with Crippen LogP contribution in [0.2, 0.25) is 0 Å². The highest BCUT2D eigenvalue weighted by Gasteiger charge is 2.25. The number of rotatable bonds is 9. The van der Waals surface area contributed by atoms with Crippen LogP contribution < -0.4 is 5.73 Å². The van der Waals surface area contributed by atoms with Gasteiger partial charge < -0.3 is 15.9 Å². The van der Waals surface area contributed by atoms with Crippen molar-refractivity contribution in [3.05, 3.63) is 36.4 Å². The summed E-state index contributed by atoms with van der Waals surface area (Å²) in [5, 5.41) is 27.1. The number of nitrogen functional groups attached to an aromatic ring is 1. The summed E-state index contributed by atoms with van der Waals surface area (Å²) < 4.78 is 124. The maximum Gasteiger partial charge on any atom is 0.397 e. The topological polar surface area (TPSA) is 298 Å². The van der Waals surface area contributed by atoms with E-state index in [2.05, 4.69) is 14.4 Å². The highest BCUT2D eigenvalue weighted by molar-refractivity contribution is 7.91. The van der Waals surface area contributed by atoms with Gasteiger partial charge in [-0.2, -0.15) is 25.3 Å². The summed E-state index contributed by atoms with van der Waals surface area (Å²) in [7, 11) is -19.2. The molecule has 0 spiro atoms. The van der Waals surface area contributed by atoms with E-state index in [1.165, 1.54) is 0 Å². The quantitative estimate of drug-likeness (QED) is 0.111. The van der Waals surface area contributed by atoms with Crippen LogP contribution in [0.3, 0.4) is 0 Å². The molecule has 0 saturated heterocycles. The van der Waals surface area contributed by atoms with Gasteiger partial charge in [0.25, 0.3) is 20.2 Å². The van der Waals surface area contributed by atoms with Gasteiger partial charge in [0.05, 0.1) is 22.2 Å². The lowest BCUT2D eigenvalue weighted by Crippen LogP contribution is -2.15. The molecule has 0 heterocycles. The molecule has 0 amide bonds. The molecule has 3 rings (SSSR count). The number of azo groups is 1. The number of benzene rings is 3. The number of phenols is 2. The molecule has 3 aromatic rings. The summed E-state index contributed by atoms with van der Waals surface area (Å²) >= 11 is 0. The Morgan fingerprint density at radius 3 is 2.00 bits per heavy atom. The Balaban J connectivity index is 2.16. The number of nitrogens with two attached hydrogens (primary N) is 1. The molecule has 0 bridgehead atoms. The van der Waals surface area contributed by atoms with Crippen molar-refractivity contribution in [1.82, 2.24) is 0 Å². The molecule has 0 fully saturated rings. The van der Waals surface area contributed by atoms with E-state index in [1.54, 1.807) is 0 Å². The van der Waals surface area contributed by atoms with Crippen molar-refractivity contribution >= 4 is 68.3 Å². The average molecular weight is 628 g/mol. The summed E-state index contributed by atoms with van der Waals surface area (Å²) in [6.07, 6.45) is 0. The first kappa shape index (κ1) is 30.1. The number of hydrogen-bond donors (Lipinski definition) is 6. The summed E-state index contributed by atoms with van der Waals surface area (Å²) in [6.45, 7) is -0.956. The zero-order valence-electron chi connectivity index (χ0n) is 18.9. The van der Waals surface area contributed by atoms with Crippen molar-refractivity contribution in [3.63, 3.8) is 0 Å². The van der Waals surface area contributed by atoms with E-state index in [1.807, 2.05) is 0 Å². The van der Waals surface area contributed by atoms with E-state index in [4.69, 9.17) is 10.3 Å². The van der Waals surface area contributed by atoms with Crippen LogP contribution in [0.25, 0.3) is 10.8 Å². The van der Waals surface area contributed by atoms with Gasteiger partial charge >= 0.3 is 10.4 Å². The predicted molar refractivity (Wildman–Crippen MR) is 131 cm³/mol. The Labute approximate surface area is 220 Å². The molecule has 0 aromatic heterocycles. The molecule has 7 N–H and O–H groups in total. The Hall–Kier alpha value is -3.44. The van der Waals surface area contributed by atoms with Crippen LogP contribution in [0.5, 0.6) is 11.5 Å². The van der Waals surface area contributed by atoms with E-state index >= 15 is 0 Å². The molecule has 0 atom stereocenters. The van der Waals surface area contributed by atoms with Crippen LogP contribution >= 0.6 is 0 Å². The maximum absolute atomic E-state index is 12.4. The molecule has 3 aromatic carbocycles. The summed E-state index contributed by atoms with van der Waals surface area (Å²) in [5.41, 5.74) is 3.76. The molecule has 21 heteroatoms. The first-order valence-electron chi connectivity index (χ1n) is 9.84. The van der Waals surface area contributed by atoms with Crippen molar-refractivity contribution in [1.29, 1.82) is 0 Å². The van der Waals surface area contributed by atoms with E-state index in [9.17, 15) is 53.0 Å². The minimum absolute atomic E-state index is 0.352. The van der Waals surface area contributed by atoms with Crippen LogP contribution in [0.4, 0.5) is 17.1 Å². The molecule has 0 unspecified atom stereocenters. The third-order valence-corrected chi connectivity index (χ3v) is 8.72. The van der Waals surface area contributed by atoms with Gasteiger partial charge in [-0.15, -0.1) is 10.2 Å². The lowest BCUT2D eigenvalue weighted by atomic mass is 10.1. The molecule has 0 aliphatic heterocycles. The minimum atomic E-state index is -5.19. The number of anilines is 1. The first-order valence-corrected chi connectivity index (χ1v) is 15.7. The average Bonchev–Trinajstić information content (AvgIpc) is 2.76. The molecule has 212 valence electrons. The van der Waals surface area contributed by atoms with Gasteiger partial charge in [0.15, 0.2) is 15.6 Å². The van der Waals surface area contributed by atoms with Crippen molar-refractivity contribution in [2.45, 2.75) is 14.7 Å². The number of phenolic OH excluding ortho intramolecular Hbond substituents is 2. The van der Waals surface area contributed by atoms with E-state index in [-0.39, 0.29) is 10.8 Å². The second-order valence-electron chi connectivity index (χ2n) is 7.55. The fraction of sp³-hybridized carbons (Fsp3) is 0.111. The van der Waals surface area contributed by atoms with Gasteiger partial charge in [0.1, 0.15) is 22.0 Å². The van der Waals surface area contributed by atoms with Crippen LogP contribution in [-0.4, -0.2) is 69.9 Å². The number of hydrogen-bond acceptors (Lipinski definition) is 14. The molecule has 0 radical (unpaired) electrons. The van der Waals surface area contributed by atoms with Crippen LogP contribution in [0.1, 0.15) is 0 Å². The Morgan fingerprint density at radius 2 is 1.44 bits per heavy atom. The number of nitrogens with zero attached hydrogens (tertiary/aromatic N) is 2. The zero-order chi connectivity index (χ0) is 29.6. The van der Waals surface area contributed by atoms with Crippen molar-refractivity contribution in [3.8, 4) is 11.5 Å². The molecule has 39 heavy (non-hydrogen) atoms. The fourth-order valence-corrected chi connectivity index (χ4v) is 5.89. The van der Waals surface area contributed by atoms with Gasteiger partial charge in [-0.05, 0) is 41.8 Å². The summed E-state index contributed by atoms with van der Waals surface area (Å²) in [4.78, 5) is -2.39. The van der Waals surface area contributed by atoms with Crippen molar-refractivity contribution in [2.24, 2.45) is 10.2 Å². The predicted octanol–water partition coefficient (Wildman–Crippen LogP) is 1.34. The number of aromatic hydroxyl groups is 2. The van der Waals surface area contributed by atoms with Gasteiger partial charge in [-0.3, -0.25) is 13.7 Å². The Kier molecular flexibility index (Phi) is 7.93. The fourth-order valence-electron chi connectivity index (χ4n) is 3.18. The van der Waals surface area contributed by atoms with E-state index in [0.29, 0.717) is 6.07 Å². The third-order valence-electron chi connectivity index (χ3n) is 4.88. The van der Waals surface area contributed by atoms with Crippen molar-refractivity contribution in [2.75, 3.05) is 18.1 Å². The minimum Gasteiger partial charge on any atom is -0.506 e. The normalized spacial score (nSPS) is 13.3. The van der Waals surface area contributed by atoms with E-state index < -0.39 is 96.1 Å². The number of fused-ring (bicyclic) bond motifs is 1. The van der Waals surface area contributed by atoms with Crippen LogP contribution in [0.15, 0.2) is 61.3 Å². The SMILES string of the molecule is Nc1cc(S(=O)(=O)O)cc2cc(S(=O)(=O)O)c(N=Nc3cc(S(=O)(=O)CCOS(=O)(=O)O)ccc3O)c(O)c12. The van der Waals surface area contributed by atoms with Gasteiger partial charge in [-0.1, -0.05) is 0 Å². The van der Waals surface area contributed by atoms with Crippen molar-refractivity contribution < 1.29 is 61.7 Å². The number of sulfone groups is 1. The standard InChI is InChI=1S/C18H17N3O14S4/c19-12-7-11(37(26,27)28)5-9-6-15(38(29,30)31)17(18(23)16(9)12)21-20-13-8-10(1-2-14(13)22)36(24,25)4-3-35-39(32,33)34/h1-2,5-8,22-23H,3-4,19H2,(H,26,27,28)(H,29,30,31)(H,32,33,34). The largest absolute Gasteiger partial charge is 0.506 e. The van der Waals surface area contributed by atoms with Gasteiger partial charge in [-0.25, -0.2) is 12.6 Å². The molecular formula is C18H17N3O14S4. The molecule has 17 nitrogen and oxygen atoms in total. The molecule has 0 aliphatic rings. The Bertz CT molecular complexity index is 1950. The van der Waals surface area contributed by atoms with Gasteiger partial charge in [0.2, 0.25) is 0 Å². The molecule has 0 aliphatic carbocycles. The lowest BCUT2D eigenvalue weighted by molar-refractivity contribution is 0.284. The Morgan fingerprint density at radius 1 is 0.795 bits per heavy atom. The van der Waals surface area contributed by atoms with Gasteiger partial charge in [0, 0.05) is 11.1 Å². The highest BCUT2D eigenvalue weighted by Crippen LogP contribution is 2.44. The molecular weight excluding hydrogens is 610 g/mol. The van der Waals surface area contributed by atoms with Crippen LogP contribution in [0, 0.1) is 0 Å². The smallest absolute Gasteiger partial charge is 0.397 e. The summed E-state index contributed by atoms with van der Waals surface area (Å²) in [5.74, 6) is -2.64. The second kappa shape index (κ2) is 10.3. The lowest BCUT2D eigenvalue weighted by Gasteiger charge is -2.12. The van der Waals surface area contributed by atoms with E-state index in [0.717, 1.165) is 30.3 Å². The third kappa shape index (κ3) is 6.96. The maximum atomic E-state index is 12.4. The van der Waals surface area contributed by atoms with Crippen LogP contribution in [-0.2, 0) is 44.7 Å².